The normalized spacial score (nSPS) is 21.3. The zero-order valence-corrected chi connectivity index (χ0v) is 21.6. The average molecular weight is 536 g/mol. The molecule has 1 N–H and O–H groups in total. The van der Waals surface area contributed by atoms with E-state index in [9.17, 15) is 17.2 Å². The lowest BCUT2D eigenvalue weighted by Crippen LogP contribution is -2.38. The molecule has 0 saturated heterocycles. The van der Waals surface area contributed by atoms with Gasteiger partial charge in [-0.15, -0.1) is 5.10 Å². The van der Waals surface area contributed by atoms with Crippen LogP contribution in [0.15, 0.2) is 48.9 Å². The number of nitrogens with one attached hydrogen (secondary N) is 1. The van der Waals surface area contributed by atoms with E-state index in [0.29, 0.717) is 17.1 Å². The summed E-state index contributed by atoms with van der Waals surface area (Å²) in [4.78, 5) is 17.6. The molecule has 0 aliphatic heterocycles. The smallest absolute Gasteiger partial charge is 0.237 e. The van der Waals surface area contributed by atoms with Crippen LogP contribution in [0.25, 0.3) is 22.6 Å². The fourth-order valence-electron chi connectivity index (χ4n) is 6.17. The highest BCUT2D eigenvalue weighted by Gasteiger charge is 2.65. The maximum Gasteiger partial charge on any atom is 0.237 e. The van der Waals surface area contributed by atoms with Gasteiger partial charge in [-0.25, -0.2) is 32.2 Å². The maximum atomic E-state index is 14.5. The lowest BCUT2D eigenvalue weighted by Gasteiger charge is -2.37. The first-order chi connectivity index (χ1) is 18.0. The van der Waals surface area contributed by atoms with E-state index in [4.69, 9.17) is 4.98 Å². The maximum absolute atomic E-state index is 14.5. The van der Waals surface area contributed by atoms with Crippen LogP contribution in [0.4, 0.5) is 14.7 Å². The molecule has 0 unspecified atom stereocenters. The topological polar surface area (TPSA) is 124 Å². The lowest BCUT2D eigenvalue weighted by molar-refractivity contribution is 0.242. The summed E-state index contributed by atoms with van der Waals surface area (Å²) in [5.74, 6) is -1.37. The molecule has 6 rings (SSSR count). The van der Waals surface area contributed by atoms with Crippen molar-refractivity contribution < 1.29 is 17.2 Å². The van der Waals surface area contributed by atoms with E-state index in [1.807, 2.05) is 0 Å². The number of hydrogen-bond donors (Lipinski definition) is 1. The molecule has 3 heterocycles. The number of benzene rings is 1. The highest BCUT2D eigenvalue weighted by atomic mass is 32.2. The van der Waals surface area contributed by atoms with Crippen molar-refractivity contribution in [3.8, 4) is 22.6 Å². The van der Waals surface area contributed by atoms with Crippen LogP contribution in [0.2, 0.25) is 0 Å². The van der Waals surface area contributed by atoms with Crippen molar-refractivity contribution in [3.63, 3.8) is 0 Å². The first kappa shape index (κ1) is 24.4. The highest BCUT2D eigenvalue weighted by molar-refractivity contribution is 7.91. The second-order valence-electron chi connectivity index (χ2n) is 10.3. The molecule has 9 nitrogen and oxygen atoms in total. The van der Waals surface area contributed by atoms with Crippen molar-refractivity contribution in [2.75, 3.05) is 11.0 Å². The lowest BCUT2D eigenvalue weighted by atomic mass is 9.66. The Morgan fingerprint density at radius 1 is 1.00 bits per heavy atom. The summed E-state index contributed by atoms with van der Waals surface area (Å²) >= 11 is 0. The van der Waals surface area contributed by atoms with Gasteiger partial charge in [0.2, 0.25) is 16.0 Å². The molecule has 1 saturated carbocycles. The van der Waals surface area contributed by atoms with Crippen LogP contribution in [0.1, 0.15) is 49.6 Å². The molecule has 0 amide bonds. The predicted octanol–water partition coefficient (Wildman–Crippen LogP) is 4.24. The molecule has 0 spiro atoms. The SMILES string of the molecule is CC1(C)[C@H]2CC[C@]1(c1cncc(-c3ccnc(NS(C)(=O)=O)n3)n1)c1nnc(-c3c(F)cccc3F)cc12. The summed E-state index contributed by atoms with van der Waals surface area (Å²) in [6.45, 7) is 4.28. The van der Waals surface area contributed by atoms with Crippen LogP contribution in [-0.4, -0.2) is 44.8 Å². The minimum atomic E-state index is -3.56. The van der Waals surface area contributed by atoms with Gasteiger partial charge in [-0.2, -0.15) is 5.10 Å². The van der Waals surface area contributed by atoms with Gasteiger partial charge < -0.3 is 0 Å². The Hall–Kier alpha value is -3.93. The average Bonchev–Trinajstić information content (AvgIpc) is 3.24. The van der Waals surface area contributed by atoms with Crippen molar-refractivity contribution in [1.82, 2.24) is 30.1 Å². The standard InChI is InChI=1S/C26H23F2N7O2S/c1-25(2)15-7-9-26(25,23-14(15)11-19(33-34-23)22-16(27)5-4-6-17(22)28)21-13-29-12-20(31-21)18-8-10-30-24(32-18)35-38(3,36)37/h4-6,8,10-13,15H,7,9H2,1-3H3,(H,30,32,35)/t15-,26-/m0/s1. The minimum Gasteiger partial charge on any atom is -0.260 e. The van der Waals surface area contributed by atoms with Gasteiger partial charge in [0, 0.05) is 12.4 Å². The monoisotopic (exact) mass is 535 g/mol. The summed E-state index contributed by atoms with van der Waals surface area (Å²) in [7, 11) is -3.56. The number of aromatic nitrogens is 6. The molecule has 194 valence electrons. The Morgan fingerprint density at radius 2 is 1.76 bits per heavy atom. The molecular weight excluding hydrogens is 512 g/mol. The number of anilines is 1. The predicted molar refractivity (Wildman–Crippen MR) is 135 cm³/mol. The Balaban J connectivity index is 1.47. The quantitative estimate of drug-likeness (QED) is 0.402. The van der Waals surface area contributed by atoms with Gasteiger partial charge in [-0.1, -0.05) is 19.9 Å². The first-order valence-electron chi connectivity index (χ1n) is 12.0. The minimum absolute atomic E-state index is 0.0680. The molecule has 38 heavy (non-hydrogen) atoms. The van der Waals surface area contributed by atoms with Crippen molar-refractivity contribution in [3.05, 3.63) is 77.5 Å². The molecule has 3 aromatic heterocycles. The third kappa shape index (κ3) is 3.57. The number of hydrogen-bond acceptors (Lipinski definition) is 8. The number of nitrogens with zero attached hydrogens (tertiary/aromatic N) is 6. The Bertz CT molecular complexity index is 1690. The van der Waals surface area contributed by atoms with Crippen LogP contribution >= 0.6 is 0 Å². The van der Waals surface area contributed by atoms with E-state index < -0.39 is 27.1 Å². The summed E-state index contributed by atoms with van der Waals surface area (Å²) in [6, 6.07) is 7.10. The van der Waals surface area contributed by atoms with Gasteiger partial charge in [0.1, 0.15) is 17.3 Å². The van der Waals surface area contributed by atoms with E-state index >= 15 is 0 Å². The summed E-state index contributed by atoms with van der Waals surface area (Å²) in [5.41, 5.74) is 2.16. The molecule has 4 aromatic rings. The van der Waals surface area contributed by atoms with Gasteiger partial charge in [0.05, 0.1) is 46.2 Å². The third-order valence-corrected chi connectivity index (χ3v) is 8.42. The second-order valence-corrected chi connectivity index (χ2v) is 12.0. The Kier molecular flexibility index (Phi) is 5.32. The third-order valence-electron chi connectivity index (χ3n) is 7.87. The highest BCUT2D eigenvalue weighted by Crippen LogP contribution is 2.69. The van der Waals surface area contributed by atoms with Gasteiger partial charge in [0.25, 0.3) is 0 Å². The zero-order valence-electron chi connectivity index (χ0n) is 20.8. The molecule has 1 aromatic carbocycles. The molecule has 2 atom stereocenters. The molecule has 1 fully saturated rings. The Morgan fingerprint density at radius 3 is 2.50 bits per heavy atom. The van der Waals surface area contributed by atoms with E-state index in [-0.39, 0.29) is 28.5 Å². The number of sulfonamides is 1. The summed E-state index contributed by atoms with van der Waals surface area (Å²) in [5, 5.41) is 8.81. The van der Waals surface area contributed by atoms with Crippen LogP contribution in [-0.2, 0) is 15.4 Å². The van der Waals surface area contributed by atoms with Crippen LogP contribution in [0.3, 0.4) is 0 Å². The summed E-state index contributed by atoms with van der Waals surface area (Å²) in [6.07, 6.45) is 7.31. The van der Waals surface area contributed by atoms with Crippen molar-refractivity contribution >= 4 is 16.0 Å². The van der Waals surface area contributed by atoms with Gasteiger partial charge in [0.15, 0.2) is 0 Å². The molecule has 0 radical (unpaired) electrons. The molecule has 12 heteroatoms. The number of fused-ring (bicyclic) bond motifs is 5. The second kappa shape index (κ2) is 8.29. The number of halogens is 2. The van der Waals surface area contributed by atoms with Crippen molar-refractivity contribution in [1.29, 1.82) is 0 Å². The zero-order chi connectivity index (χ0) is 26.9. The fraction of sp³-hybridized carbons (Fsp3) is 0.308. The van der Waals surface area contributed by atoms with Crippen molar-refractivity contribution in [2.45, 2.75) is 38.0 Å². The van der Waals surface area contributed by atoms with Gasteiger partial charge in [-0.05, 0) is 54.0 Å². The van der Waals surface area contributed by atoms with Crippen LogP contribution in [0, 0.1) is 17.0 Å². The molecule has 2 aliphatic rings. The molecule has 2 aliphatic carbocycles. The molecular formula is C26H23F2N7O2S. The largest absolute Gasteiger partial charge is 0.260 e. The van der Waals surface area contributed by atoms with Crippen LogP contribution < -0.4 is 4.72 Å². The van der Waals surface area contributed by atoms with Gasteiger partial charge in [-0.3, -0.25) is 9.71 Å². The van der Waals surface area contributed by atoms with E-state index in [1.165, 1.54) is 24.4 Å². The van der Waals surface area contributed by atoms with E-state index in [1.54, 1.807) is 24.5 Å². The fourth-order valence-corrected chi connectivity index (χ4v) is 6.60. The Labute approximate surface area is 217 Å². The van der Waals surface area contributed by atoms with Crippen LogP contribution in [0.5, 0.6) is 0 Å². The number of rotatable bonds is 5. The van der Waals surface area contributed by atoms with Crippen molar-refractivity contribution in [2.24, 2.45) is 5.41 Å². The molecule has 2 bridgehead atoms. The summed E-state index contributed by atoms with van der Waals surface area (Å²) < 4.78 is 54.6. The first-order valence-corrected chi connectivity index (χ1v) is 13.9. The van der Waals surface area contributed by atoms with Gasteiger partial charge >= 0.3 is 0 Å². The van der Waals surface area contributed by atoms with E-state index in [2.05, 4.69) is 43.7 Å². The van der Waals surface area contributed by atoms with E-state index in [0.717, 1.165) is 30.4 Å².